The minimum Gasteiger partial charge on any atom is -0.437 e. The number of benzene rings is 2. The minimum atomic E-state index is -0.649. The van der Waals surface area contributed by atoms with Crippen LogP contribution in [0.15, 0.2) is 61.1 Å². The highest BCUT2D eigenvalue weighted by atomic mass is 35.5. The Labute approximate surface area is 142 Å². The summed E-state index contributed by atoms with van der Waals surface area (Å²) in [6.45, 7) is 0. The van der Waals surface area contributed by atoms with Crippen molar-refractivity contribution in [2.45, 2.75) is 0 Å². The summed E-state index contributed by atoms with van der Waals surface area (Å²) < 4.78 is 19.3. The molecule has 0 radical (unpaired) electrons. The van der Waals surface area contributed by atoms with Gasteiger partial charge in [-0.3, -0.25) is 9.78 Å². The van der Waals surface area contributed by atoms with Crippen LogP contribution in [0.25, 0.3) is 0 Å². The molecule has 1 N–H and O–H groups in total. The van der Waals surface area contributed by atoms with E-state index in [4.69, 9.17) is 16.3 Å². The first kappa shape index (κ1) is 15.9. The lowest BCUT2D eigenvalue weighted by atomic mass is 10.2. The van der Waals surface area contributed by atoms with E-state index in [-0.39, 0.29) is 10.6 Å². The molecule has 0 atom stereocenters. The van der Waals surface area contributed by atoms with E-state index in [0.29, 0.717) is 17.3 Å². The molecule has 0 unspecified atom stereocenters. The fourth-order valence-corrected chi connectivity index (χ4v) is 2.14. The van der Waals surface area contributed by atoms with Gasteiger partial charge in [-0.1, -0.05) is 17.7 Å². The number of rotatable bonds is 4. The summed E-state index contributed by atoms with van der Waals surface area (Å²) >= 11 is 5.80. The second-order valence-electron chi connectivity index (χ2n) is 4.75. The van der Waals surface area contributed by atoms with Gasteiger partial charge in [0, 0.05) is 29.2 Å². The number of nitrogens with one attached hydrogen (secondary N) is 1. The summed E-state index contributed by atoms with van der Waals surface area (Å²) in [4.78, 5) is 20.1. The molecule has 0 saturated carbocycles. The number of halogens is 2. The molecule has 3 aromatic rings. The summed E-state index contributed by atoms with van der Waals surface area (Å²) in [6, 6.07) is 10.4. The smallest absolute Gasteiger partial charge is 0.258 e. The molecule has 1 aromatic heterocycles. The standard InChI is InChI=1S/C17H11ClFN3O2/c18-11-4-5-15(19)14(8-11)17(23)22-12-2-1-3-13(9-12)24-16-10-20-6-7-21-16/h1-10H,(H,22,23). The van der Waals surface area contributed by atoms with E-state index < -0.39 is 11.7 Å². The third kappa shape index (κ3) is 3.85. The number of hydrogen-bond donors (Lipinski definition) is 1. The van der Waals surface area contributed by atoms with Crippen molar-refractivity contribution < 1.29 is 13.9 Å². The number of aromatic nitrogens is 2. The fraction of sp³-hybridized carbons (Fsp3) is 0. The van der Waals surface area contributed by atoms with E-state index in [1.54, 1.807) is 24.3 Å². The first-order chi connectivity index (χ1) is 11.6. The molecular formula is C17H11ClFN3O2. The maximum atomic E-state index is 13.7. The number of hydrogen-bond acceptors (Lipinski definition) is 4. The zero-order valence-corrected chi connectivity index (χ0v) is 13.0. The van der Waals surface area contributed by atoms with Gasteiger partial charge in [-0.2, -0.15) is 0 Å². The Kier molecular flexibility index (Phi) is 4.67. The van der Waals surface area contributed by atoms with E-state index in [9.17, 15) is 9.18 Å². The van der Waals surface area contributed by atoms with Crippen molar-refractivity contribution >= 4 is 23.2 Å². The van der Waals surface area contributed by atoms with E-state index in [2.05, 4.69) is 15.3 Å². The van der Waals surface area contributed by atoms with Crippen LogP contribution >= 0.6 is 11.6 Å². The molecule has 1 heterocycles. The Hall–Kier alpha value is -2.99. The van der Waals surface area contributed by atoms with E-state index in [1.807, 2.05) is 0 Å². The number of amides is 1. The maximum Gasteiger partial charge on any atom is 0.258 e. The Bertz CT molecular complexity index is 875. The highest BCUT2D eigenvalue weighted by Crippen LogP contribution is 2.23. The molecule has 24 heavy (non-hydrogen) atoms. The van der Waals surface area contributed by atoms with Gasteiger partial charge in [0.05, 0.1) is 11.8 Å². The van der Waals surface area contributed by atoms with Crippen LogP contribution in [0.3, 0.4) is 0 Å². The van der Waals surface area contributed by atoms with Crippen molar-refractivity contribution in [3.63, 3.8) is 0 Å². The maximum absolute atomic E-state index is 13.7. The number of carbonyl (C=O) groups excluding carboxylic acids is 1. The first-order valence-corrected chi connectivity index (χ1v) is 7.30. The quantitative estimate of drug-likeness (QED) is 0.766. The van der Waals surface area contributed by atoms with Gasteiger partial charge in [0.25, 0.3) is 5.91 Å². The van der Waals surface area contributed by atoms with E-state index in [1.165, 1.54) is 30.7 Å². The number of carbonyl (C=O) groups is 1. The largest absolute Gasteiger partial charge is 0.437 e. The topological polar surface area (TPSA) is 64.1 Å². The Morgan fingerprint density at radius 2 is 2.04 bits per heavy atom. The van der Waals surface area contributed by atoms with Crippen molar-refractivity contribution in [2.24, 2.45) is 0 Å². The Morgan fingerprint density at radius 1 is 1.17 bits per heavy atom. The SMILES string of the molecule is O=C(Nc1cccc(Oc2cnccn2)c1)c1cc(Cl)ccc1F. The van der Waals surface area contributed by atoms with E-state index >= 15 is 0 Å². The van der Waals surface area contributed by atoms with Gasteiger partial charge in [-0.15, -0.1) is 0 Å². The van der Waals surface area contributed by atoms with Gasteiger partial charge in [0.2, 0.25) is 5.88 Å². The fourth-order valence-electron chi connectivity index (χ4n) is 1.97. The summed E-state index contributed by atoms with van der Waals surface area (Å²) in [5.41, 5.74) is 0.309. The van der Waals surface area contributed by atoms with Crippen LogP contribution in [0.4, 0.5) is 10.1 Å². The Morgan fingerprint density at radius 3 is 2.83 bits per heavy atom. The second kappa shape index (κ2) is 7.06. The van der Waals surface area contributed by atoms with Crippen molar-refractivity contribution in [3.8, 4) is 11.6 Å². The molecule has 0 aliphatic heterocycles. The van der Waals surface area contributed by atoms with Crippen LogP contribution in [-0.4, -0.2) is 15.9 Å². The molecule has 120 valence electrons. The third-order valence-corrected chi connectivity index (χ3v) is 3.26. The van der Waals surface area contributed by atoms with Gasteiger partial charge in [0.1, 0.15) is 11.6 Å². The van der Waals surface area contributed by atoms with Gasteiger partial charge in [0.15, 0.2) is 0 Å². The zero-order chi connectivity index (χ0) is 16.9. The highest BCUT2D eigenvalue weighted by Gasteiger charge is 2.13. The third-order valence-electron chi connectivity index (χ3n) is 3.03. The average Bonchev–Trinajstić information content (AvgIpc) is 2.58. The van der Waals surface area contributed by atoms with Crippen LogP contribution < -0.4 is 10.1 Å². The minimum absolute atomic E-state index is 0.136. The molecule has 7 heteroatoms. The summed E-state index contributed by atoms with van der Waals surface area (Å²) in [5.74, 6) is -0.475. The Balaban J connectivity index is 1.77. The monoisotopic (exact) mass is 343 g/mol. The second-order valence-corrected chi connectivity index (χ2v) is 5.19. The van der Waals surface area contributed by atoms with Crippen LogP contribution in [0.2, 0.25) is 5.02 Å². The molecule has 5 nitrogen and oxygen atoms in total. The molecular weight excluding hydrogens is 333 g/mol. The summed E-state index contributed by atoms with van der Waals surface area (Å²) in [5, 5.41) is 2.88. The molecule has 0 saturated heterocycles. The average molecular weight is 344 g/mol. The summed E-state index contributed by atoms with van der Waals surface area (Å²) in [7, 11) is 0. The van der Waals surface area contributed by atoms with E-state index in [0.717, 1.165) is 6.07 Å². The lowest BCUT2D eigenvalue weighted by Crippen LogP contribution is -2.13. The normalized spacial score (nSPS) is 10.2. The molecule has 0 spiro atoms. The van der Waals surface area contributed by atoms with Crippen LogP contribution in [0, 0.1) is 5.82 Å². The molecule has 0 bridgehead atoms. The molecule has 1 amide bonds. The molecule has 3 rings (SSSR count). The van der Waals surface area contributed by atoms with Crippen LogP contribution in [-0.2, 0) is 0 Å². The van der Waals surface area contributed by atoms with Crippen molar-refractivity contribution in [1.82, 2.24) is 9.97 Å². The van der Waals surface area contributed by atoms with Gasteiger partial charge in [-0.05, 0) is 30.3 Å². The predicted molar refractivity (Wildman–Crippen MR) is 87.9 cm³/mol. The van der Waals surface area contributed by atoms with Crippen LogP contribution in [0.1, 0.15) is 10.4 Å². The number of nitrogens with zero attached hydrogens (tertiary/aromatic N) is 2. The predicted octanol–water partition coefficient (Wildman–Crippen LogP) is 4.31. The molecule has 0 fully saturated rings. The van der Waals surface area contributed by atoms with Crippen molar-refractivity contribution in [2.75, 3.05) is 5.32 Å². The van der Waals surface area contributed by atoms with Gasteiger partial charge < -0.3 is 10.1 Å². The lowest BCUT2D eigenvalue weighted by Gasteiger charge is -2.09. The molecule has 0 aliphatic rings. The van der Waals surface area contributed by atoms with Gasteiger partial charge in [-0.25, -0.2) is 9.37 Å². The lowest BCUT2D eigenvalue weighted by molar-refractivity contribution is 0.102. The highest BCUT2D eigenvalue weighted by molar-refractivity contribution is 6.31. The first-order valence-electron chi connectivity index (χ1n) is 6.92. The molecule has 0 aliphatic carbocycles. The summed E-state index contributed by atoms with van der Waals surface area (Å²) in [6.07, 6.45) is 4.50. The van der Waals surface area contributed by atoms with Crippen molar-refractivity contribution in [3.05, 3.63) is 77.5 Å². The van der Waals surface area contributed by atoms with Crippen LogP contribution in [0.5, 0.6) is 11.6 Å². The molecule has 2 aromatic carbocycles. The number of ether oxygens (including phenoxy) is 1. The number of anilines is 1. The van der Waals surface area contributed by atoms with Gasteiger partial charge >= 0.3 is 0 Å². The van der Waals surface area contributed by atoms with Crippen molar-refractivity contribution in [1.29, 1.82) is 0 Å². The zero-order valence-electron chi connectivity index (χ0n) is 12.2.